The summed E-state index contributed by atoms with van der Waals surface area (Å²) < 4.78 is 34.8. The van der Waals surface area contributed by atoms with Crippen LogP contribution >= 0.6 is 0 Å². The summed E-state index contributed by atoms with van der Waals surface area (Å²) in [6.07, 6.45) is -22.0. The van der Waals surface area contributed by atoms with Gasteiger partial charge in [0.25, 0.3) is 0 Å². The van der Waals surface area contributed by atoms with E-state index in [0.717, 1.165) is 0 Å². The quantitative estimate of drug-likeness (QED) is 0.0952. The van der Waals surface area contributed by atoms with Gasteiger partial charge >= 0.3 is 0 Å². The van der Waals surface area contributed by atoms with Crippen molar-refractivity contribution in [3.8, 4) is 0 Å². The number of rotatable bonds is 11. The Morgan fingerprint density at radius 3 is 1.69 bits per heavy atom. The summed E-state index contributed by atoms with van der Waals surface area (Å²) >= 11 is 0. The minimum Gasteiger partial charge on any atom is -0.394 e. The van der Waals surface area contributed by atoms with E-state index in [1.54, 1.807) is 0 Å². The topological polar surface area (TPSA) is 353 Å². The van der Waals surface area contributed by atoms with E-state index in [9.17, 15) is 50.4 Å². The lowest BCUT2D eigenvalue weighted by Gasteiger charge is -2.47. The van der Waals surface area contributed by atoms with Gasteiger partial charge in [0.1, 0.15) is 73.2 Å². The predicted octanol–water partition coefficient (Wildman–Crippen LogP) is -8.51. The van der Waals surface area contributed by atoms with Gasteiger partial charge < -0.3 is 97.1 Å². The maximum atomic E-state index is 11.9. The van der Waals surface area contributed by atoms with Crippen molar-refractivity contribution in [3.63, 3.8) is 0 Å². The number of aliphatic hydroxyl groups is 8. The Morgan fingerprint density at radius 2 is 1.15 bits per heavy atom. The van der Waals surface area contributed by atoms with E-state index in [-0.39, 0.29) is 13.0 Å². The summed E-state index contributed by atoms with van der Waals surface area (Å²) in [5, 5.41) is 88.8. The molecule has 4 fully saturated rings. The molecule has 2 amide bonds. The summed E-state index contributed by atoms with van der Waals surface area (Å²) in [5.74, 6) is -0.928. The lowest BCUT2D eigenvalue weighted by atomic mass is 9.83. The Bertz CT molecular complexity index is 1080. The van der Waals surface area contributed by atoms with Gasteiger partial charge in [0, 0.05) is 26.4 Å². The Balaban J connectivity index is 1.54. The number of ether oxygens (including phenoxy) is 6. The second kappa shape index (κ2) is 16.5. The molecule has 1 saturated carbocycles. The third-order valence-corrected chi connectivity index (χ3v) is 8.98. The molecule has 1 aliphatic carbocycles. The van der Waals surface area contributed by atoms with Crippen LogP contribution in [0.1, 0.15) is 20.3 Å². The molecule has 278 valence electrons. The van der Waals surface area contributed by atoms with Crippen molar-refractivity contribution in [2.45, 2.75) is 137 Å². The molecule has 16 N–H and O–H groups in total. The molecule has 3 heterocycles. The van der Waals surface area contributed by atoms with Crippen LogP contribution in [0, 0.1) is 0 Å². The van der Waals surface area contributed by atoms with Gasteiger partial charge in [-0.3, -0.25) is 9.59 Å². The number of carbonyl (C=O) groups excluding carboxylic acids is 2. The first-order chi connectivity index (χ1) is 22.6. The average molecular weight is 700 g/mol. The number of carbonyl (C=O) groups is 2. The van der Waals surface area contributed by atoms with Gasteiger partial charge in [0.05, 0.1) is 31.3 Å². The van der Waals surface area contributed by atoms with E-state index in [2.05, 4.69) is 10.6 Å². The lowest BCUT2D eigenvalue weighted by Crippen LogP contribution is -2.68. The molecule has 0 spiro atoms. The summed E-state index contributed by atoms with van der Waals surface area (Å²) in [4.78, 5) is 23.3. The van der Waals surface area contributed by atoms with E-state index < -0.39 is 141 Å². The highest BCUT2D eigenvalue weighted by molar-refractivity contribution is 5.73. The van der Waals surface area contributed by atoms with Gasteiger partial charge in [-0.05, 0) is 6.42 Å². The standard InChI is InChI=1S/C27H49N5O16/c1-7(35)31-4-11-17(38)19(40)14(29)25(43-11)47-23-13(6-34)45-27(21(23)42)48-24-16(37)10(32-8(2)36)3-9(28)22(24)46-26-15(30)20(41)18(39)12(5-33)44-26/h9-27,33-34,37-42H,3-6,28-30H2,1-2H3,(H,31,35)(H,32,36)/t9-,10+,11-,12+,13+,14+,15+,16-,17+,18+,19+,20+,21+,22+,23+,24+,25+,26+,27-/m0/s1. The molecule has 0 aromatic heterocycles. The molecule has 0 unspecified atom stereocenters. The zero-order valence-electron chi connectivity index (χ0n) is 26.4. The monoisotopic (exact) mass is 699 g/mol. The second-order valence-electron chi connectivity index (χ2n) is 12.5. The zero-order chi connectivity index (χ0) is 35.6. The molecule has 4 rings (SSSR count). The van der Waals surface area contributed by atoms with Crippen molar-refractivity contribution in [3.05, 3.63) is 0 Å². The number of hydrogen-bond donors (Lipinski definition) is 13. The van der Waals surface area contributed by atoms with Crippen molar-refractivity contribution >= 4 is 11.8 Å². The molecular formula is C27H49N5O16. The number of hydrogen-bond acceptors (Lipinski definition) is 19. The SMILES string of the molecule is CC(=O)NC[C@@H]1O[C@H](O[C@H]2[C@@H](O)[C@H](O[C@@H]3[C@@H](O)[C@H](NC(C)=O)C[C@H](N)[C@H]3O[C@H]3O[C@H](CO)[C@@H](O)[C@H](O)[C@H]3N)O[C@@H]2CO)[C@H](N)[C@@H](O)[C@@H]1O. The molecule has 19 atom stereocenters. The van der Waals surface area contributed by atoms with Crippen molar-refractivity contribution in [2.24, 2.45) is 17.2 Å². The first-order valence-electron chi connectivity index (χ1n) is 15.6. The Morgan fingerprint density at radius 1 is 0.646 bits per heavy atom. The van der Waals surface area contributed by atoms with E-state index in [1.807, 2.05) is 0 Å². The first kappa shape index (κ1) is 39.1. The molecule has 0 bridgehead atoms. The number of amides is 2. The summed E-state index contributed by atoms with van der Waals surface area (Å²) in [6.45, 7) is 0.834. The van der Waals surface area contributed by atoms with Crippen LogP contribution in [0.4, 0.5) is 0 Å². The van der Waals surface area contributed by atoms with Crippen LogP contribution in [0.25, 0.3) is 0 Å². The van der Waals surface area contributed by atoms with Gasteiger partial charge in [-0.1, -0.05) is 0 Å². The highest BCUT2D eigenvalue weighted by atomic mass is 16.8. The van der Waals surface area contributed by atoms with Crippen LogP contribution in [0.3, 0.4) is 0 Å². The maximum Gasteiger partial charge on any atom is 0.217 e. The zero-order valence-corrected chi connectivity index (χ0v) is 26.4. The van der Waals surface area contributed by atoms with Gasteiger partial charge in [0.15, 0.2) is 18.9 Å². The largest absolute Gasteiger partial charge is 0.394 e. The Kier molecular flexibility index (Phi) is 13.4. The summed E-state index contributed by atoms with van der Waals surface area (Å²) in [5.41, 5.74) is 18.5. The van der Waals surface area contributed by atoms with Gasteiger partial charge in [-0.15, -0.1) is 0 Å². The molecule has 3 saturated heterocycles. The molecule has 48 heavy (non-hydrogen) atoms. The van der Waals surface area contributed by atoms with Crippen molar-refractivity contribution < 1.29 is 78.9 Å². The summed E-state index contributed by atoms with van der Waals surface area (Å²) in [7, 11) is 0. The maximum absolute atomic E-state index is 11.9. The van der Waals surface area contributed by atoms with Gasteiger partial charge in [-0.2, -0.15) is 0 Å². The Labute approximate surface area is 275 Å². The van der Waals surface area contributed by atoms with Crippen LogP contribution < -0.4 is 27.8 Å². The molecule has 21 heteroatoms. The van der Waals surface area contributed by atoms with Crippen LogP contribution in [0.15, 0.2) is 0 Å². The molecule has 3 aliphatic heterocycles. The molecular weight excluding hydrogens is 650 g/mol. The fourth-order valence-electron chi connectivity index (χ4n) is 6.29. The van der Waals surface area contributed by atoms with Crippen LogP contribution in [-0.4, -0.2) is 189 Å². The van der Waals surface area contributed by atoms with Crippen LogP contribution in [0.5, 0.6) is 0 Å². The third-order valence-electron chi connectivity index (χ3n) is 8.98. The number of nitrogens with two attached hydrogens (primary N) is 3. The normalized spacial score (nSPS) is 48.2. The second-order valence-corrected chi connectivity index (χ2v) is 12.5. The molecule has 4 aliphatic rings. The lowest BCUT2D eigenvalue weighted by molar-refractivity contribution is -0.311. The van der Waals surface area contributed by atoms with Crippen LogP contribution in [-0.2, 0) is 38.0 Å². The smallest absolute Gasteiger partial charge is 0.217 e. The third kappa shape index (κ3) is 8.41. The van der Waals surface area contributed by atoms with Crippen LogP contribution in [0.2, 0.25) is 0 Å². The van der Waals surface area contributed by atoms with Crippen molar-refractivity contribution in [1.29, 1.82) is 0 Å². The Hall–Kier alpha value is -1.74. The minimum atomic E-state index is -1.72. The molecule has 0 radical (unpaired) electrons. The highest BCUT2D eigenvalue weighted by Crippen LogP contribution is 2.34. The fourth-order valence-corrected chi connectivity index (χ4v) is 6.29. The first-order valence-corrected chi connectivity index (χ1v) is 15.6. The van der Waals surface area contributed by atoms with Gasteiger partial charge in [0.2, 0.25) is 11.8 Å². The average Bonchev–Trinajstić information content (AvgIpc) is 3.33. The van der Waals surface area contributed by atoms with E-state index in [0.29, 0.717) is 0 Å². The van der Waals surface area contributed by atoms with E-state index in [4.69, 9.17) is 45.6 Å². The molecule has 0 aromatic carbocycles. The summed E-state index contributed by atoms with van der Waals surface area (Å²) in [6, 6.07) is -4.65. The van der Waals surface area contributed by atoms with Crippen molar-refractivity contribution in [1.82, 2.24) is 10.6 Å². The number of aliphatic hydroxyl groups excluding tert-OH is 8. The van der Waals surface area contributed by atoms with E-state index in [1.165, 1.54) is 13.8 Å². The molecule has 0 aromatic rings. The number of nitrogens with one attached hydrogen (secondary N) is 2. The fraction of sp³-hybridized carbons (Fsp3) is 0.926. The molecule has 21 nitrogen and oxygen atoms in total. The minimum absolute atomic E-state index is 0.0361. The predicted molar refractivity (Wildman–Crippen MR) is 156 cm³/mol. The van der Waals surface area contributed by atoms with E-state index >= 15 is 0 Å². The van der Waals surface area contributed by atoms with Gasteiger partial charge in [-0.25, -0.2) is 0 Å². The van der Waals surface area contributed by atoms with Crippen molar-refractivity contribution in [2.75, 3.05) is 19.8 Å². The highest BCUT2D eigenvalue weighted by Gasteiger charge is 2.55.